The third-order valence-electron chi connectivity index (χ3n) is 13.0. The number of allylic oxidation sites excluding steroid dienone is 18. The Balaban J connectivity index is 4.44. The molecule has 0 bridgehead atoms. The molecule has 0 saturated carbocycles. The van der Waals surface area contributed by atoms with Gasteiger partial charge < -0.3 is 14.2 Å². The van der Waals surface area contributed by atoms with Crippen LogP contribution in [0.3, 0.4) is 0 Å². The average Bonchev–Trinajstić information content (AvgIpc) is 3.40. The molecule has 0 amide bonds. The molecular formula is C68H114O6. The van der Waals surface area contributed by atoms with Gasteiger partial charge in [-0.25, -0.2) is 0 Å². The van der Waals surface area contributed by atoms with Gasteiger partial charge in [0.25, 0.3) is 0 Å². The average molecular weight is 1030 g/mol. The van der Waals surface area contributed by atoms with Crippen molar-refractivity contribution < 1.29 is 28.6 Å². The lowest BCUT2D eigenvalue weighted by molar-refractivity contribution is -0.167. The quantitative estimate of drug-likeness (QED) is 0.0261. The minimum atomic E-state index is -0.814. The molecule has 0 aromatic rings. The fourth-order valence-electron chi connectivity index (χ4n) is 8.46. The number of carbonyl (C=O) groups is 3. The Labute approximate surface area is 457 Å². The van der Waals surface area contributed by atoms with Crippen LogP contribution in [0.25, 0.3) is 0 Å². The third kappa shape index (κ3) is 59.0. The predicted octanol–water partition coefficient (Wildman–Crippen LogP) is 21.0. The second kappa shape index (κ2) is 61.6. The summed E-state index contributed by atoms with van der Waals surface area (Å²) in [5.74, 6) is -0.974. The van der Waals surface area contributed by atoms with Gasteiger partial charge in [-0.1, -0.05) is 271 Å². The molecular weight excluding hydrogens is 913 g/mol. The first-order chi connectivity index (χ1) is 36.5. The summed E-state index contributed by atoms with van der Waals surface area (Å²) >= 11 is 0. The van der Waals surface area contributed by atoms with E-state index in [1.807, 2.05) is 0 Å². The first-order valence-electron chi connectivity index (χ1n) is 30.9. The summed E-state index contributed by atoms with van der Waals surface area (Å²) in [4.78, 5) is 38.3. The van der Waals surface area contributed by atoms with Crippen LogP contribution in [0.15, 0.2) is 109 Å². The number of hydrogen-bond acceptors (Lipinski definition) is 6. The number of unbranched alkanes of at least 4 members (excludes halogenated alkanes) is 26. The van der Waals surface area contributed by atoms with Gasteiger partial charge in [0.05, 0.1) is 0 Å². The summed E-state index contributed by atoms with van der Waals surface area (Å²) < 4.78 is 16.8. The molecule has 1 atom stereocenters. The monoisotopic (exact) mass is 1030 g/mol. The first-order valence-corrected chi connectivity index (χ1v) is 30.9. The standard InChI is InChI=1S/C68H114O6/c1-4-7-10-13-16-19-22-25-28-30-32-33-34-36-37-40-43-46-49-52-55-58-61-67(70)73-64-65(63-72-66(69)60-57-54-51-48-45-42-39-27-24-21-18-15-12-9-6-3)74-68(71)62-59-56-53-50-47-44-41-38-35-31-29-26-23-20-17-14-11-8-5-2/h8-9,11-12,17-18,20-21,26-27,29,35,38-39,44-45,47-48,65H,4-7,10,13-16,19,22-25,28,30-34,36-37,40-43,46,49-64H2,1-3H3/b11-8-,12-9-,20-17-,21-18-,29-26-,38-35-,39-27-,47-44-,48-45-. The van der Waals surface area contributed by atoms with E-state index in [2.05, 4.69) is 130 Å². The van der Waals surface area contributed by atoms with Gasteiger partial charge in [0.2, 0.25) is 0 Å². The van der Waals surface area contributed by atoms with Crippen molar-refractivity contribution in [3.8, 4) is 0 Å². The molecule has 74 heavy (non-hydrogen) atoms. The molecule has 0 radical (unpaired) electrons. The van der Waals surface area contributed by atoms with Crippen molar-refractivity contribution >= 4 is 17.9 Å². The van der Waals surface area contributed by atoms with Crippen LogP contribution >= 0.6 is 0 Å². The van der Waals surface area contributed by atoms with Crippen molar-refractivity contribution in [2.75, 3.05) is 13.2 Å². The highest BCUT2D eigenvalue weighted by atomic mass is 16.6. The maximum atomic E-state index is 12.9. The zero-order chi connectivity index (χ0) is 53.6. The predicted molar refractivity (Wildman–Crippen MR) is 320 cm³/mol. The van der Waals surface area contributed by atoms with E-state index in [1.54, 1.807) is 0 Å². The van der Waals surface area contributed by atoms with E-state index in [0.29, 0.717) is 19.3 Å². The van der Waals surface area contributed by atoms with Crippen molar-refractivity contribution in [2.24, 2.45) is 0 Å². The maximum absolute atomic E-state index is 12.9. The largest absolute Gasteiger partial charge is 0.462 e. The highest BCUT2D eigenvalue weighted by molar-refractivity contribution is 5.71. The summed E-state index contributed by atoms with van der Waals surface area (Å²) in [6, 6.07) is 0. The molecule has 422 valence electrons. The molecule has 0 heterocycles. The minimum Gasteiger partial charge on any atom is -0.462 e. The molecule has 0 fully saturated rings. The van der Waals surface area contributed by atoms with Gasteiger partial charge in [-0.3, -0.25) is 14.4 Å². The van der Waals surface area contributed by atoms with Gasteiger partial charge in [-0.15, -0.1) is 0 Å². The van der Waals surface area contributed by atoms with E-state index < -0.39 is 6.10 Å². The fourth-order valence-corrected chi connectivity index (χ4v) is 8.46. The zero-order valence-corrected chi connectivity index (χ0v) is 48.3. The van der Waals surface area contributed by atoms with Gasteiger partial charge in [0.15, 0.2) is 6.10 Å². The first kappa shape index (κ1) is 70.1. The van der Waals surface area contributed by atoms with E-state index in [0.717, 1.165) is 116 Å². The summed E-state index contributed by atoms with van der Waals surface area (Å²) in [5.41, 5.74) is 0. The van der Waals surface area contributed by atoms with Crippen LogP contribution < -0.4 is 0 Å². The summed E-state index contributed by atoms with van der Waals surface area (Å²) in [6.45, 7) is 6.37. The molecule has 0 aromatic carbocycles. The van der Waals surface area contributed by atoms with Crippen molar-refractivity contribution in [3.63, 3.8) is 0 Å². The lowest BCUT2D eigenvalue weighted by Crippen LogP contribution is -2.30. The number of ether oxygens (including phenoxy) is 3. The van der Waals surface area contributed by atoms with E-state index >= 15 is 0 Å². The van der Waals surface area contributed by atoms with Gasteiger partial charge >= 0.3 is 17.9 Å². The number of rotatable bonds is 55. The van der Waals surface area contributed by atoms with Crippen molar-refractivity contribution in [1.82, 2.24) is 0 Å². The highest BCUT2D eigenvalue weighted by Gasteiger charge is 2.19. The van der Waals surface area contributed by atoms with Crippen LogP contribution in [0.1, 0.15) is 284 Å². The van der Waals surface area contributed by atoms with Crippen LogP contribution in [0.4, 0.5) is 0 Å². The van der Waals surface area contributed by atoms with Gasteiger partial charge in [0.1, 0.15) is 13.2 Å². The smallest absolute Gasteiger partial charge is 0.306 e. The van der Waals surface area contributed by atoms with E-state index in [-0.39, 0.29) is 37.5 Å². The third-order valence-corrected chi connectivity index (χ3v) is 13.0. The number of hydrogen-bond donors (Lipinski definition) is 0. The molecule has 6 heteroatoms. The molecule has 6 nitrogen and oxygen atoms in total. The molecule has 0 saturated heterocycles. The molecule has 0 aromatic heterocycles. The second-order valence-electron chi connectivity index (χ2n) is 20.2. The van der Waals surface area contributed by atoms with Crippen LogP contribution in [-0.4, -0.2) is 37.2 Å². The Hall–Kier alpha value is -3.93. The van der Waals surface area contributed by atoms with Gasteiger partial charge in [-0.05, 0) is 103 Å². The Kier molecular flexibility index (Phi) is 58.3. The lowest BCUT2D eigenvalue weighted by atomic mass is 10.0. The van der Waals surface area contributed by atoms with Gasteiger partial charge in [-0.2, -0.15) is 0 Å². The zero-order valence-electron chi connectivity index (χ0n) is 48.3. The van der Waals surface area contributed by atoms with Crippen LogP contribution in [0.5, 0.6) is 0 Å². The normalized spacial score (nSPS) is 12.9. The van der Waals surface area contributed by atoms with Crippen molar-refractivity contribution in [1.29, 1.82) is 0 Å². The van der Waals surface area contributed by atoms with Crippen LogP contribution in [-0.2, 0) is 28.6 Å². The number of esters is 3. The SMILES string of the molecule is CC/C=C\C/C=C\C/C=C\C/C=C\C/C=C\CCCCCC(=O)OC(COC(=O)CCCC/C=C\C/C=C\C/C=C\C/C=C\CC)COC(=O)CCCCCCCCCCCCCCCCCCCCCCCC. The molecule has 0 spiro atoms. The molecule has 0 aliphatic carbocycles. The summed E-state index contributed by atoms with van der Waals surface area (Å²) in [7, 11) is 0. The van der Waals surface area contributed by atoms with Crippen molar-refractivity contribution in [2.45, 2.75) is 290 Å². The van der Waals surface area contributed by atoms with E-state index in [9.17, 15) is 14.4 Å². The molecule has 0 aliphatic heterocycles. The lowest BCUT2D eigenvalue weighted by Gasteiger charge is -2.18. The second-order valence-corrected chi connectivity index (χ2v) is 20.2. The highest BCUT2D eigenvalue weighted by Crippen LogP contribution is 2.16. The Morgan fingerprint density at radius 1 is 0.284 bits per heavy atom. The summed E-state index contributed by atoms with van der Waals surface area (Å²) in [6.07, 6.45) is 83.8. The van der Waals surface area contributed by atoms with Crippen LogP contribution in [0, 0.1) is 0 Å². The van der Waals surface area contributed by atoms with Gasteiger partial charge in [0, 0.05) is 19.3 Å². The molecule has 0 rings (SSSR count). The van der Waals surface area contributed by atoms with E-state index in [4.69, 9.17) is 14.2 Å². The Bertz CT molecular complexity index is 1510. The van der Waals surface area contributed by atoms with Crippen molar-refractivity contribution in [3.05, 3.63) is 109 Å². The fraction of sp³-hybridized carbons (Fsp3) is 0.691. The molecule has 1 unspecified atom stereocenters. The van der Waals surface area contributed by atoms with Crippen LogP contribution in [0.2, 0.25) is 0 Å². The Morgan fingerprint density at radius 2 is 0.527 bits per heavy atom. The van der Waals surface area contributed by atoms with E-state index in [1.165, 1.54) is 122 Å². The summed E-state index contributed by atoms with van der Waals surface area (Å²) in [5, 5.41) is 0. The number of carbonyl (C=O) groups excluding carboxylic acids is 3. The molecule has 0 N–H and O–H groups in total. The Morgan fingerprint density at radius 3 is 0.851 bits per heavy atom. The minimum absolute atomic E-state index is 0.104. The topological polar surface area (TPSA) is 78.9 Å². The molecule has 0 aliphatic rings. The maximum Gasteiger partial charge on any atom is 0.306 e.